The Morgan fingerprint density at radius 3 is 2.80 bits per heavy atom. The lowest BCUT2D eigenvalue weighted by Crippen LogP contribution is -2.51. The number of nitrogens with two attached hydrogens (primary N) is 1. The molecule has 0 amide bonds. The van der Waals surface area contributed by atoms with Crippen LogP contribution >= 0.6 is 0 Å². The predicted molar refractivity (Wildman–Crippen MR) is 67.2 cm³/mol. The molecule has 0 spiro atoms. The lowest BCUT2D eigenvalue weighted by atomic mass is 9.97. The van der Waals surface area contributed by atoms with E-state index >= 15 is 0 Å². The van der Waals surface area contributed by atoms with Crippen LogP contribution in [0.4, 0.5) is 4.39 Å². The molecule has 0 saturated carbocycles. The number of hydrogen-bond acceptors (Lipinski definition) is 6. The van der Waals surface area contributed by atoms with Gasteiger partial charge in [0, 0.05) is 0 Å². The minimum atomic E-state index is -2.67. The van der Waals surface area contributed by atoms with E-state index in [2.05, 4.69) is 15.5 Å². The summed E-state index contributed by atoms with van der Waals surface area (Å²) in [6.07, 6.45) is 1.04. The van der Waals surface area contributed by atoms with Crippen LogP contribution in [0.25, 0.3) is 0 Å². The molecule has 1 rings (SSSR count). The average Bonchev–Trinajstić information content (AvgIpc) is 2.71. The molecule has 0 aromatic carbocycles. The molecule has 1 aliphatic heterocycles. The average molecular weight is 287 g/mol. The Balaban J connectivity index is 2.96. The number of ether oxygens (including phenoxy) is 1. The summed E-state index contributed by atoms with van der Waals surface area (Å²) in [7, 11) is 0. The second kappa shape index (κ2) is 6.29. The van der Waals surface area contributed by atoms with Crippen LogP contribution in [0.3, 0.4) is 0 Å². The summed E-state index contributed by atoms with van der Waals surface area (Å²) in [6, 6.07) is 0. The van der Waals surface area contributed by atoms with E-state index < -0.39 is 36.7 Å². The van der Waals surface area contributed by atoms with E-state index in [-0.39, 0.29) is 5.84 Å². The van der Waals surface area contributed by atoms with Crippen molar-refractivity contribution in [2.75, 3.05) is 6.61 Å². The molecule has 1 fully saturated rings. The number of nitrogens with one attached hydrogen (secondary N) is 2. The first-order valence-electron chi connectivity index (χ1n) is 5.37. The molecular weight excluding hydrogens is 273 g/mol. The van der Waals surface area contributed by atoms with Gasteiger partial charge in [-0.3, -0.25) is 0 Å². The summed E-state index contributed by atoms with van der Waals surface area (Å²) in [5.41, 5.74) is 2.55. The third kappa shape index (κ3) is 2.85. The molecular formula is C10H14FN5O4. The molecule has 1 aliphatic rings. The SMILES string of the molecule is C#C[C@]1(F)[C@H](NC(=N/O)/N=C(/N)C=N)O[C@H](CO)[C@H]1O. The van der Waals surface area contributed by atoms with Crippen LogP contribution in [0.5, 0.6) is 0 Å². The molecule has 0 aliphatic carbocycles. The topological polar surface area (TPSA) is 157 Å². The number of hydrogen-bond donors (Lipinski definition) is 6. The predicted octanol–water partition coefficient (Wildman–Crippen LogP) is -2.25. The fourth-order valence-corrected chi connectivity index (χ4v) is 1.57. The number of aliphatic imine (C=N–C) groups is 1. The first-order valence-corrected chi connectivity index (χ1v) is 5.37. The van der Waals surface area contributed by atoms with Gasteiger partial charge in [-0.1, -0.05) is 5.92 Å². The largest absolute Gasteiger partial charge is 0.408 e. The zero-order valence-electron chi connectivity index (χ0n) is 10.2. The maximum absolute atomic E-state index is 14.4. The third-order valence-electron chi connectivity index (χ3n) is 2.61. The van der Waals surface area contributed by atoms with E-state index in [0.717, 1.165) is 0 Å². The number of aliphatic hydroxyl groups excluding tert-OH is 2. The molecule has 1 saturated heterocycles. The molecule has 110 valence electrons. The van der Waals surface area contributed by atoms with E-state index in [0.29, 0.717) is 6.21 Å². The summed E-state index contributed by atoms with van der Waals surface area (Å²) < 4.78 is 19.4. The lowest BCUT2D eigenvalue weighted by Gasteiger charge is -2.23. The van der Waals surface area contributed by atoms with E-state index in [1.807, 2.05) is 0 Å². The van der Waals surface area contributed by atoms with Gasteiger partial charge in [0.05, 0.1) is 12.8 Å². The first kappa shape index (κ1) is 15.8. The number of alkyl halides is 1. The molecule has 7 N–H and O–H groups in total. The number of guanidine groups is 1. The fraction of sp³-hybridized carbons (Fsp3) is 0.500. The Kier molecular flexibility index (Phi) is 4.98. The van der Waals surface area contributed by atoms with E-state index in [9.17, 15) is 9.50 Å². The van der Waals surface area contributed by atoms with Crippen molar-refractivity contribution in [3.8, 4) is 12.3 Å². The summed E-state index contributed by atoms with van der Waals surface area (Å²) in [4.78, 5) is 3.43. The lowest BCUT2D eigenvalue weighted by molar-refractivity contribution is -0.0264. The van der Waals surface area contributed by atoms with Crippen molar-refractivity contribution >= 4 is 18.0 Å². The Bertz CT molecular complexity index is 477. The maximum atomic E-state index is 14.4. The molecule has 1 heterocycles. The van der Waals surface area contributed by atoms with Crippen molar-refractivity contribution in [1.29, 1.82) is 5.41 Å². The van der Waals surface area contributed by atoms with Gasteiger partial charge in [0.25, 0.3) is 5.96 Å². The minimum Gasteiger partial charge on any atom is -0.408 e. The van der Waals surface area contributed by atoms with Gasteiger partial charge in [-0.05, 0) is 5.16 Å². The quantitative estimate of drug-likeness (QED) is 0.113. The Labute approximate surface area is 113 Å². The molecule has 20 heavy (non-hydrogen) atoms. The van der Waals surface area contributed by atoms with Crippen molar-refractivity contribution in [2.24, 2.45) is 15.9 Å². The van der Waals surface area contributed by atoms with Gasteiger partial charge in [0.1, 0.15) is 18.0 Å². The summed E-state index contributed by atoms with van der Waals surface area (Å²) >= 11 is 0. The van der Waals surface area contributed by atoms with Crippen LogP contribution < -0.4 is 11.1 Å². The standard InChI is InChI=1S/C10H14FN5O4/c1-2-10(11)7(18)5(4-17)20-8(10)15-9(16-19)14-6(13)3-12/h1,3,5,7-8,12,17-19H,4H2,(H3,13,14,15,16)/t5-,7-,8-,10-/m1/s1. The van der Waals surface area contributed by atoms with Gasteiger partial charge < -0.3 is 36.6 Å². The van der Waals surface area contributed by atoms with Crippen molar-refractivity contribution in [3.63, 3.8) is 0 Å². The molecule has 4 atom stereocenters. The number of halogens is 1. The highest BCUT2D eigenvalue weighted by atomic mass is 19.1. The molecule has 0 unspecified atom stereocenters. The molecule has 10 heteroatoms. The first-order chi connectivity index (χ1) is 9.42. The number of terminal acetylenes is 1. The Hall–Kier alpha value is -2.22. The second-order valence-corrected chi connectivity index (χ2v) is 3.84. The molecule has 0 bridgehead atoms. The van der Waals surface area contributed by atoms with Gasteiger partial charge in [0.2, 0.25) is 5.67 Å². The van der Waals surface area contributed by atoms with Crippen molar-refractivity contribution in [1.82, 2.24) is 5.32 Å². The maximum Gasteiger partial charge on any atom is 0.263 e. The van der Waals surface area contributed by atoms with E-state index in [1.165, 1.54) is 0 Å². The van der Waals surface area contributed by atoms with Gasteiger partial charge in [0.15, 0.2) is 6.23 Å². The number of oxime groups is 1. The highest BCUT2D eigenvalue weighted by Crippen LogP contribution is 2.32. The zero-order chi connectivity index (χ0) is 15.3. The van der Waals surface area contributed by atoms with Gasteiger partial charge >= 0.3 is 0 Å². The van der Waals surface area contributed by atoms with E-state index in [4.69, 9.17) is 32.6 Å². The number of rotatable bonds is 3. The highest BCUT2D eigenvalue weighted by Gasteiger charge is 2.56. The summed E-state index contributed by atoms with van der Waals surface area (Å²) in [5.74, 6) is 0.828. The molecule has 0 aromatic heterocycles. The van der Waals surface area contributed by atoms with Gasteiger partial charge in [-0.2, -0.15) is 4.99 Å². The Morgan fingerprint density at radius 1 is 1.70 bits per heavy atom. The number of aliphatic hydroxyl groups is 2. The van der Waals surface area contributed by atoms with Crippen molar-refractivity contribution < 1.29 is 24.5 Å². The van der Waals surface area contributed by atoms with Crippen LogP contribution in [0.1, 0.15) is 0 Å². The van der Waals surface area contributed by atoms with Crippen LogP contribution in [0.15, 0.2) is 10.1 Å². The normalized spacial score (nSPS) is 34.6. The minimum absolute atomic E-state index is 0.326. The number of amidine groups is 1. The summed E-state index contributed by atoms with van der Waals surface area (Å²) in [5, 5.41) is 39.0. The van der Waals surface area contributed by atoms with E-state index in [1.54, 1.807) is 5.92 Å². The fourth-order valence-electron chi connectivity index (χ4n) is 1.57. The second-order valence-electron chi connectivity index (χ2n) is 3.84. The van der Waals surface area contributed by atoms with Crippen LogP contribution in [-0.4, -0.2) is 64.1 Å². The van der Waals surface area contributed by atoms with Crippen molar-refractivity contribution in [3.05, 3.63) is 0 Å². The van der Waals surface area contributed by atoms with Gasteiger partial charge in [-0.15, -0.1) is 6.42 Å². The molecule has 0 aromatic rings. The third-order valence-corrected chi connectivity index (χ3v) is 2.61. The molecule has 0 radical (unpaired) electrons. The molecule has 9 nitrogen and oxygen atoms in total. The Morgan fingerprint density at radius 2 is 2.35 bits per heavy atom. The highest BCUT2D eigenvalue weighted by molar-refractivity contribution is 6.29. The van der Waals surface area contributed by atoms with Crippen LogP contribution in [-0.2, 0) is 4.74 Å². The zero-order valence-corrected chi connectivity index (χ0v) is 10.2. The van der Waals surface area contributed by atoms with Crippen LogP contribution in [0.2, 0.25) is 0 Å². The van der Waals surface area contributed by atoms with Crippen LogP contribution in [0, 0.1) is 17.8 Å². The number of nitrogens with zero attached hydrogens (tertiary/aromatic N) is 2. The van der Waals surface area contributed by atoms with Crippen molar-refractivity contribution in [2.45, 2.75) is 24.1 Å². The monoisotopic (exact) mass is 287 g/mol. The smallest absolute Gasteiger partial charge is 0.263 e. The van der Waals surface area contributed by atoms with Gasteiger partial charge in [-0.25, -0.2) is 4.39 Å². The summed E-state index contributed by atoms with van der Waals surface area (Å²) in [6.45, 7) is -0.662.